The zero-order valence-electron chi connectivity index (χ0n) is 20.8. The molecule has 2 aromatic heterocycles. The lowest BCUT2D eigenvalue weighted by Gasteiger charge is -2.19. The molecule has 0 spiro atoms. The Morgan fingerprint density at radius 2 is 2.08 bits per heavy atom. The van der Waals surface area contributed by atoms with Crippen LogP contribution in [0.2, 0.25) is 0 Å². The van der Waals surface area contributed by atoms with Crippen LogP contribution >= 0.6 is 0 Å². The second-order valence-electron chi connectivity index (χ2n) is 9.66. The van der Waals surface area contributed by atoms with Gasteiger partial charge in [-0.25, -0.2) is 14.6 Å². The Kier molecular flexibility index (Phi) is 5.97. The van der Waals surface area contributed by atoms with Crippen molar-refractivity contribution in [2.24, 2.45) is 0 Å². The van der Waals surface area contributed by atoms with Crippen LogP contribution in [0.5, 0.6) is 5.75 Å². The number of hydrogen-bond donors (Lipinski definition) is 3. The maximum Gasteiger partial charge on any atom is 0.148 e. The van der Waals surface area contributed by atoms with Gasteiger partial charge in [0, 0.05) is 36.8 Å². The lowest BCUT2D eigenvalue weighted by atomic mass is 10.0. The zero-order valence-corrected chi connectivity index (χ0v) is 20.8. The van der Waals surface area contributed by atoms with E-state index in [1.165, 1.54) is 5.56 Å². The van der Waals surface area contributed by atoms with E-state index in [1.54, 1.807) is 0 Å². The number of rotatable bonds is 6. The Labute approximate surface area is 211 Å². The molecule has 6 rings (SSSR count). The first-order valence-electron chi connectivity index (χ1n) is 12.9. The van der Waals surface area contributed by atoms with Gasteiger partial charge in [0.05, 0.1) is 36.0 Å². The standard InChI is InChI=1S/C28H32N6O2/c1-3-23-28(31-19-7-9-21(35)14-19)33-26-22(5-4-6-24(29-2)27(26)32-23)18-15-30-34(16-18)20-8-10-25-17(13-20)11-12-36-25/h5-6,8,10,13,15-16,19,21,29,35H,3-4,7,9,11-12,14H2,1-2H3,(H,31,33)/t19-,21+/m1/s1. The van der Waals surface area contributed by atoms with Crippen molar-refractivity contribution in [3.05, 3.63) is 71.0 Å². The summed E-state index contributed by atoms with van der Waals surface area (Å²) in [5.41, 5.74) is 7.87. The summed E-state index contributed by atoms with van der Waals surface area (Å²) in [6.07, 6.45) is 13.0. The molecule has 3 heterocycles. The molecule has 36 heavy (non-hydrogen) atoms. The van der Waals surface area contributed by atoms with Gasteiger partial charge in [-0.05, 0) is 55.9 Å². The van der Waals surface area contributed by atoms with Gasteiger partial charge < -0.3 is 20.5 Å². The molecule has 0 saturated heterocycles. The molecule has 1 aromatic carbocycles. The highest BCUT2D eigenvalue weighted by Gasteiger charge is 2.26. The summed E-state index contributed by atoms with van der Waals surface area (Å²) in [6, 6.07) is 6.43. The molecular weight excluding hydrogens is 452 g/mol. The van der Waals surface area contributed by atoms with Gasteiger partial charge in [-0.3, -0.25) is 0 Å². The Morgan fingerprint density at radius 1 is 1.17 bits per heavy atom. The van der Waals surface area contributed by atoms with Crippen molar-refractivity contribution in [1.82, 2.24) is 25.1 Å². The first kappa shape index (κ1) is 22.8. The van der Waals surface area contributed by atoms with Crippen molar-refractivity contribution in [3.63, 3.8) is 0 Å². The van der Waals surface area contributed by atoms with Gasteiger partial charge in [-0.2, -0.15) is 5.10 Å². The van der Waals surface area contributed by atoms with Crippen LogP contribution in [0.4, 0.5) is 5.82 Å². The van der Waals surface area contributed by atoms with Crippen LogP contribution < -0.4 is 15.4 Å². The SMILES string of the molecule is CCc1nc2c(nc1N[C@@H]1CC[C@H](O)C1)C(c1cnn(-c3ccc4c(c3)CCO4)c1)=CCC=C2NC. The number of aliphatic hydroxyl groups is 1. The zero-order chi connectivity index (χ0) is 24.6. The maximum atomic E-state index is 10.0. The number of fused-ring (bicyclic) bond motifs is 2. The number of aromatic nitrogens is 4. The Balaban J connectivity index is 1.39. The summed E-state index contributed by atoms with van der Waals surface area (Å²) in [5.74, 6) is 1.78. The fourth-order valence-electron chi connectivity index (χ4n) is 5.37. The third-order valence-corrected chi connectivity index (χ3v) is 7.30. The number of aryl methyl sites for hydroxylation is 1. The lowest BCUT2D eigenvalue weighted by molar-refractivity contribution is 0.182. The molecule has 1 saturated carbocycles. The summed E-state index contributed by atoms with van der Waals surface area (Å²) in [5, 5.41) is 21.6. The van der Waals surface area contributed by atoms with Gasteiger partial charge in [-0.15, -0.1) is 0 Å². The van der Waals surface area contributed by atoms with Gasteiger partial charge in [0.25, 0.3) is 0 Å². The third kappa shape index (κ3) is 4.15. The average Bonchev–Trinajstić information content (AvgIpc) is 3.63. The third-order valence-electron chi connectivity index (χ3n) is 7.30. The van der Waals surface area contributed by atoms with E-state index < -0.39 is 0 Å². The number of hydrogen-bond acceptors (Lipinski definition) is 7. The van der Waals surface area contributed by atoms with Crippen LogP contribution in [0.3, 0.4) is 0 Å². The van der Waals surface area contributed by atoms with E-state index in [-0.39, 0.29) is 12.1 Å². The van der Waals surface area contributed by atoms with Crippen LogP contribution in [0.1, 0.15) is 60.8 Å². The predicted octanol–water partition coefficient (Wildman–Crippen LogP) is 3.88. The first-order chi connectivity index (χ1) is 17.6. The van der Waals surface area contributed by atoms with Gasteiger partial charge >= 0.3 is 0 Å². The van der Waals surface area contributed by atoms with E-state index in [0.717, 1.165) is 96.3 Å². The number of nitrogens with one attached hydrogen (secondary N) is 2. The normalized spacial score (nSPS) is 20.6. The van der Waals surface area contributed by atoms with Crippen molar-refractivity contribution in [2.45, 2.75) is 57.6 Å². The number of anilines is 1. The van der Waals surface area contributed by atoms with Crippen molar-refractivity contribution in [2.75, 3.05) is 19.0 Å². The van der Waals surface area contributed by atoms with Crippen molar-refractivity contribution in [3.8, 4) is 11.4 Å². The number of allylic oxidation sites excluding steroid dienone is 2. The fourth-order valence-corrected chi connectivity index (χ4v) is 5.37. The Bertz CT molecular complexity index is 1360. The molecule has 1 fully saturated rings. The summed E-state index contributed by atoms with van der Waals surface area (Å²) >= 11 is 0. The minimum absolute atomic E-state index is 0.210. The first-order valence-corrected chi connectivity index (χ1v) is 12.9. The van der Waals surface area contributed by atoms with Gasteiger partial charge in [-0.1, -0.05) is 19.1 Å². The van der Waals surface area contributed by atoms with Crippen molar-refractivity contribution >= 4 is 17.1 Å². The highest BCUT2D eigenvalue weighted by atomic mass is 16.5. The molecule has 3 N–H and O–H groups in total. The molecular formula is C28H32N6O2. The van der Waals surface area contributed by atoms with Crippen LogP contribution in [0, 0.1) is 0 Å². The molecule has 1 aliphatic heterocycles. The van der Waals surface area contributed by atoms with E-state index in [2.05, 4.69) is 47.1 Å². The van der Waals surface area contributed by atoms with Crippen LogP contribution in [-0.4, -0.2) is 50.7 Å². The molecule has 8 heteroatoms. The fraction of sp³-hybridized carbons (Fsp3) is 0.393. The highest BCUT2D eigenvalue weighted by molar-refractivity contribution is 5.86. The van der Waals surface area contributed by atoms with E-state index in [4.69, 9.17) is 14.7 Å². The largest absolute Gasteiger partial charge is 0.493 e. The van der Waals surface area contributed by atoms with Gasteiger partial charge in [0.1, 0.15) is 23.0 Å². The number of benzene rings is 1. The maximum absolute atomic E-state index is 10.0. The van der Waals surface area contributed by atoms with E-state index in [0.29, 0.717) is 0 Å². The molecule has 0 unspecified atom stereocenters. The average molecular weight is 485 g/mol. The van der Waals surface area contributed by atoms with E-state index >= 15 is 0 Å². The second kappa shape index (κ2) is 9.43. The molecule has 2 atom stereocenters. The van der Waals surface area contributed by atoms with Crippen LogP contribution in [-0.2, 0) is 12.8 Å². The topological polar surface area (TPSA) is 97.1 Å². The van der Waals surface area contributed by atoms with Crippen LogP contribution in [0.25, 0.3) is 17.0 Å². The van der Waals surface area contributed by atoms with Gasteiger partial charge in [0.15, 0.2) is 0 Å². The second-order valence-corrected chi connectivity index (χ2v) is 9.66. The molecule has 3 aliphatic rings. The predicted molar refractivity (Wildman–Crippen MR) is 140 cm³/mol. The molecule has 3 aromatic rings. The molecule has 0 radical (unpaired) electrons. The van der Waals surface area contributed by atoms with Crippen LogP contribution in [0.15, 0.2) is 42.7 Å². The number of ether oxygens (including phenoxy) is 1. The monoisotopic (exact) mass is 484 g/mol. The quantitative estimate of drug-likeness (QED) is 0.489. The molecule has 8 nitrogen and oxygen atoms in total. The summed E-state index contributed by atoms with van der Waals surface area (Å²) in [6.45, 7) is 2.84. The molecule has 2 aliphatic carbocycles. The Hall–Kier alpha value is -3.65. The Morgan fingerprint density at radius 3 is 2.89 bits per heavy atom. The van der Waals surface area contributed by atoms with Crippen molar-refractivity contribution in [1.29, 1.82) is 0 Å². The smallest absolute Gasteiger partial charge is 0.148 e. The number of aliphatic hydroxyl groups excluding tert-OH is 1. The molecule has 186 valence electrons. The highest BCUT2D eigenvalue weighted by Crippen LogP contribution is 2.34. The van der Waals surface area contributed by atoms with E-state index in [1.807, 2.05) is 30.1 Å². The minimum Gasteiger partial charge on any atom is -0.493 e. The van der Waals surface area contributed by atoms with Gasteiger partial charge in [0.2, 0.25) is 0 Å². The summed E-state index contributed by atoms with van der Waals surface area (Å²) in [7, 11) is 1.93. The summed E-state index contributed by atoms with van der Waals surface area (Å²) in [4.78, 5) is 10.2. The lowest BCUT2D eigenvalue weighted by Crippen LogP contribution is -2.21. The molecule has 0 bridgehead atoms. The van der Waals surface area contributed by atoms with E-state index in [9.17, 15) is 5.11 Å². The number of nitrogens with zero attached hydrogens (tertiary/aromatic N) is 4. The molecule has 0 amide bonds. The minimum atomic E-state index is -0.243. The summed E-state index contributed by atoms with van der Waals surface area (Å²) < 4.78 is 7.58. The van der Waals surface area contributed by atoms with Crippen molar-refractivity contribution < 1.29 is 9.84 Å².